The average molecular weight is 390 g/mol. The molecule has 148 valence electrons. The summed E-state index contributed by atoms with van der Waals surface area (Å²) in [4.78, 5) is 17.1. The smallest absolute Gasteiger partial charge is 0.251 e. The van der Waals surface area contributed by atoms with Crippen LogP contribution in [0, 0.1) is 0 Å². The Morgan fingerprint density at radius 1 is 1.14 bits per heavy atom. The van der Waals surface area contributed by atoms with Crippen molar-refractivity contribution in [2.24, 2.45) is 7.05 Å². The molecule has 3 heterocycles. The van der Waals surface area contributed by atoms with Crippen LogP contribution in [0.5, 0.6) is 0 Å². The van der Waals surface area contributed by atoms with Crippen LogP contribution in [0.4, 0.5) is 0 Å². The molecule has 1 amide bonds. The summed E-state index contributed by atoms with van der Waals surface area (Å²) in [5, 5.41) is 11.6. The predicted octanol–water partition coefficient (Wildman–Crippen LogP) is 2.56. The summed E-state index contributed by atoms with van der Waals surface area (Å²) < 4.78 is 8.56. The summed E-state index contributed by atoms with van der Waals surface area (Å²) >= 11 is 0. The van der Waals surface area contributed by atoms with Crippen LogP contribution in [0.2, 0.25) is 0 Å². The highest BCUT2D eigenvalue weighted by Crippen LogP contribution is 2.26. The number of carbonyl (C=O) groups is 1. The Balaban J connectivity index is 1.64. The normalized spacial score (nSPS) is 12.2. The fraction of sp³-hybridized carbons (Fsp3) is 0.238. The summed E-state index contributed by atoms with van der Waals surface area (Å²) in [6.45, 7) is 2.36. The van der Waals surface area contributed by atoms with E-state index in [1.165, 1.54) is 0 Å². The number of aryl methyl sites for hydroxylation is 1. The van der Waals surface area contributed by atoms with E-state index in [1.54, 1.807) is 41.0 Å². The minimum Gasteiger partial charge on any atom is -0.383 e. The van der Waals surface area contributed by atoms with Crippen LogP contribution in [0.3, 0.4) is 0 Å². The highest BCUT2D eigenvalue weighted by Gasteiger charge is 2.14. The zero-order valence-electron chi connectivity index (χ0n) is 16.5. The van der Waals surface area contributed by atoms with Crippen molar-refractivity contribution in [3.8, 4) is 22.3 Å². The molecule has 0 aliphatic rings. The van der Waals surface area contributed by atoms with E-state index in [-0.39, 0.29) is 11.9 Å². The molecule has 0 saturated heterocycles. The zero-order valence-corrected chi connectivity index (χ0v) is 16.5. The van der Waals surface area contributed by atoms with Gasteiger partial charge in [0, 0.05) is 61.0 Å². The summed E-state index contributed by atoms with van der Waals surface area (Å²) in [6, 6.07) is 7.38. The predicted molar refractivity (Wildman–Crippen MR) is 109 cm³/mol. The number of hydrogen-bond donors (Lipinski definition) is 1. The number of carbonyl (C=O) groups excluding carboxylic acids is 1. The molecule has 4 aromatic rings. The number of amides is 1. The van der Waals surface area contributed by atoms with E-state index in [2.05, 4.69) is 20.5 Å². The van der Waals surface area contributed by atoms with Crippen molar-refractivity contribution in [1.29, 1.82) is 0 Å². The maximum atomic E-state index is 12.5. The molecule has 29 heavy (non-hydrogen) atoms. The van der Waals surface area contributed by atoms with E-state index >= 15 is 0 Å². The molecule has 8 heteroatoms. The van der Waals surface area contributed by atoms with Crippen LogP contribution in [-0.2, 0) is 11.8 Å². The van der Waals surface area contributed by atoms with Crippen LogP contribution in [0.1, 0.15) is 17.3 Å². The Kier molecular flexibility index (Phi) is 5.09. The lowest BCUT2D eigenvalue weighted by atomic mass is 10.0. The van der Waals surface area contributed by atoms with Crippen LogP contribution in [0.25, 0.3) is 27.9 Å². The molecule has 0 spiro atoms. The fourth-order valence-corrected chi connectivity index (χ4v) is 3.22. The Morgan fingerprint density at radius 3 is 2.72 bits per heavy atom. The summed E-state index contributed by atoms with van der Waals surface area (Å²) in [6.07, 6.45) is 9.21. The van der Waals surface area contributed by atoms with Crippen LogP contribution >= 0.6 is 0 Å². The van der Waals surface area contributed by atoms with Crippen molar-refractivity contribution in [3.05, 3.63) is 60.8 Å². The second kappa shape index (κ2) is 7.84. The number of nitrogens with zero attached hydrogens (tertiary/aromatic N) is 5. The van der Waals surface area contributed by atoms with Gasteiger partial charge in [-0.3, -0.25) is 9.48 Å². The number of fused-ring (bicyclic) bond motifs is 1. The van der Waals surface area contributed by atoms with Gasteiger partial charge in [0.2, 0.25) is 0 Å². The van der Waals surface area contributed by atoms with Crippen molar-refractivity contribution < 1.29 is 9.53 Å². The topological polar surface area (TPSA) is 86.3 Å². The van der Waals surface area contributed by atoms with Crippen LogP contribution in [-0.4, -0.2) is 50.0 Å². The number of hydrogen-bond acceptors (Lipinski definition) is 5. The van der Waals surface area contributed by atoms with Crippen LogP contribution < -0.4 is 5.32 Å². The maximum Gasteiger partial charge on any atom is 0.251 e. The molecule has 0 aliphatic heterocycles. The quantitative estimate of drug-likeness (QED) is 0.547. The second-order valence-electron chi connectivity index (χ2n) is 6.98. The number of methoxy groups -OCH3 is 1. The van der Waals surface area contributed by atoms with Gasteiger partial charge >= 0.3 is 0 Å². The molecule has 3 aromatic heterocycles. The molecule has 8 nitrogen and oxygen atoms in total. The van der Waals surface area contributed by atoms with E-state index < -0.39 is 0 Å². The van der Waals surface area contributed by atoms with Gasteiger partial charge in [0.15, 0.2) is 5.65 Å². The average Bonchev–Trinajstić information content (AvgIpc) is 3.34. The van der Waals surface area contributed by atoms with E-state index in [4.69, 9.17) is 4.74 Å². The van der Waals surface area contributed by atoms with Gasteiger partial charge in [0.25, 0.3) is 5.91 Å². The van der Waals surface area contributed by atoms with Gasteiger partial charge in [-0.2, -0.15) is 10.2 Å². The third kappa shape index (κ3) is 3.88. The number of benzene rings is 1. The molecule has 1 atom stereocenters. The van der Waals surface area contributed by atoms with E-state index in [0.717, 1.165) is 27.9 Å². The van der Waals surface area contributed by atoms with E-state index in [0.29, 0.717) is 12.2 Å². The molecule has 1 unspecified atom stereocenters. The standard InChI is InChI=1S/C21H22N6O2/c1-14(13-29-3)25-21(28)16-6-4-5-15(7-16)19-10-24-27-12-17(8-22-20(19)27)18-9-23-26(2)11-18/h4-12,14H,13H2,1-3H3,(H,25,28). The largest absolute Gasteiger partial charge is 0.383 e. The SMILES string of the molecule is COCC(C)NC(=O)c1cccc(-c2cnn3cc(-c4cnn(C)c4)cnc23)c1. The molecular formula is C21H22N6O2. The number of rotatable bonds is 6. The van der Waals surface area contributed by atoms with Crippen molar-refractivity contribution in [2.45, 2.75) is 13.0 Å². The lowest BCUT2D eigenvalue weighted by Gasteiger charge is -2.13. The minimum atomic E-state index is -0.139. The van der Waals surface area contributed by atoms with Crippen molar-refractivity contribution in [2.75, 3.05) is 13.7 Å². The first-order valence-electron chi connectivity index (χ1n) is 9.28. The number of nitrogens with one attached hydrogen (secondary N) is 1. The summed E-state index contributed by atoms with van der Waals surface area (Å²) in [5.41, 5.74) is 4.96. The molecule has 0 fully saturated rings. The third-order valence-electron chi connectivity index (χ3n) is 4.62. The van der Waals surface area contributed by atoms with Gasteiger partial charge < -0.3 is 10.1 Å². The Bertz CT molecular complexity index is 1160. The first-order chi connectivity index (χ1) is 14.0. The highest BCUT2D eigenvalue weighted by atomic mass is 16.5. The minimum absolute atomic E-state index is 0.0688. The second-order valence-corrected chi connectivity index (χ2v) is 6.98. The van der Waals surface area contributed by atoms with E-state index in [1.807, 2.05) is 44.6 Å². The van der Waals surface area contributed by atoms with Gasteiger partial charge in [0.1, 0.15) is 0 Å². The lowest BCUT2D eigenvalue weighted by Crippen LogP contribution is -2.35. The fourth-order valence-electron chi connectivity index (χ4n) is 3.22. The maximum absolute atomic E-state index is 12.5. The lowest BCUT2D eigenvalue weighted by molar-refractivity contribution is 0.0905. The number of ether oxygens (including phenoxy) is 1. The molecule has 4 rings (SSSR count). The first kappa shape index (κ1) is 18.8. The summed E-state index contributed by atoms with van der Waals surface area (Å²) in [5.74, 6) is -0.139. The third-order valence-corrected chi connectivity index (χ3v) is 4.62. The van der Waals surface area contributed by atoms with Crippen molar-refractivity contribution in [3.63, 3.8) is 0 Å². The Labute approximate surface area is 168 Å². The van der Waals surface area contributed by atoms with Gasteiger partial charge in [-0.05, 0) is 24.6 Å². The molecule has 1 aromatic carbocycles. The van der Waals surface area contributed by atoms with Gasteiger partial charge in [-0.25, -0.2) is 9.50 Å². The molecule has 0 aliphatic carbocycles. The van der Waals surface area contributed by atoms with E-state index in [9.17, 15) is 4.79 Å². The highest BCUT2D eigenvalue weighted by molar-refractivity contribution is 5.96. The monoisotopic (exact) mass is 390 g/mol. The van der Waals surface area contributed by atoms with Crippen LogP contribution in [0.15, 0.2) is 55.2 Å². The van der Waals surface area contributed by atoms with Crippen molar-refractivity contribution in [1.82, 2.24) is 29.7 Å². The molecular weight excluding hydrogens is 368 g/mol. The molecule has 0 saturated carbocycles. The number of aromatic nitrogens is 5. The Hall–Kier alpha value is -3.52. The first-order valence-corrected chi connectivity index (χ1v) is 9.28. The molecule has 1 N–H and O–H groups in total. The van der Waals surface area contributed by atoms with Crippen molar-refractivity contribution >= 4 is 11.6 Å². The Morgan fingerprint density at radius 2 is 1.97 bits per heavy atom. The summed E-state index contributed by atoms with van der Waals surface area (Å²) in [7, 11) is 3.49. The molecule has 0 bridgehead atoms. The van der Waals surface area contributed by atoms with Gasteiger partial charge in [-0.15, -0.1) is 0 Å². The zero-order chi connectivity index (χ0) is 20.4. The molecule has 0 radical (unpaired) electrons. The van der Waals surface area contributed by atoms with Gasteiger partial charge in [0.05, 0.1) is 19.0 Å². The van der Waals surface area contributed by atoms with Gasteiger partial charge in [-0.1, -0.05) is 12.1 Å².